The van der Waals surface area contributed by atoms with E-state index in [1.165, 1.54) is 0 Å². The number of amides is 1. The van der Waals surface area contributed by atoms with E-state index in [0.29, 0.717) is 25.8 Å². The van der Waals surface area contributed by atoms with Crippen LogP contribution < -0.4 is 10.6 Å². The number of hydrogen-bond donors (Lipinski definition) is 2. The molecule has 1 fully saturated rings. The van der Waals surface area contributed by atoms with E-state index in [9.17, 15) is 22.4 Å². The van der Waals surface area contributed by atoms with E-state index in [-0.39, 0.29) is 24.6 Å². The van der Waals surface area contributed by atoms with Crippen molar-refractivity contribution >= 4 is 5.91 Å². The quantitative estimate of drug-likeness (QED) is 0.833. The van der Waals surface area contributed by atoms with Gasteiger partial charge in [0.05, 0.1) is 18.8 Å². The molecule has 1 atom stereocenters. The Hall–Kier alpha value is -1.67. The molecule has 1 aliphatic heterocycles. The normalized spacial score (nSPS) is 19.0. The van der Waals surface area contributed by atoms with Crippen LogP contribution in [0, 0.1) is 5.82 Å². The summed E-state index contributed by atoms with van der Waals surface area (Å²) in [6.45, 7) is 1.19. The van der Waals surface area contributed by atoms with Crippen LogP contribution in [0.5, 0.6) is 0 Å². The molecule has 4 nitrogen and oxygen atoms in total. The Kier molecular flexibility index (Phi) is 5.36. The SMILES string of the molecule is O=C(C[C@H]1COCCN1)NCc1cc(F)ccc1C(F)(F)F. The highest BCUT2D eigenvalue weighted by molar-refractivity contribution is 5.76. The minimum Gasteiger partial charge on any atom is -0.378 e. The van der Waals surface area contributed by atoms with Crippen LogP contribution in [0.3, 0.4) is 0 Å². The van der Waals surface area contributed by atoms with Crippen LogP contribution >= 0.6 is 0 Å². The van der Waals surface area contributed by atoms with Gasteiger partial charge in [-0.15, -0.1) is 0 Å². The third kappa shape index (κ3) is 4.67. The second kappa shape index (κ2) is 7.06. The maximum atomic E-state index is 13.1. The van der Waals surface area contributed by atoms with Gasteiger partial charge in [-0.05, 0) is 23.8 Å². The van der Waals surface area contributed by atoms with Gasteiger partial charge in [0.1, 0.15) is 5.82 Å². The maximum absolute atomic E-state index is 13.1. The standard InChI is InChI=1S/C14H16F4N2O2/c15-10-1-2-12(14(16,17)18)9(5-10)7-20-13(21)6-11-8-22-4-3-19-11/h1-2,5,11,19H,3-4,6-8H2,(H,20,21)/t11-/m0/s1. The number of hydrogen-bond acceptors (Lipinski definition) is 3. The van der Waals surface area contributed by atoms with Crippen molar-refractivity contribution in [1.82, 2.24) is 10.6 Å². The summed E-state index contributed by atoms with van der Waals surface area (Å²) in [5, 5.41) is 5.45. The molecule has 0 unspecified atom stereocenters. The first-order valence-corrected chi connectivity index (χ1v) is 6.79. The minimum atomic E-state index is -4.59. The number of ether oxygens (including phenoxy) is 1. The van der Waals surface area contributed by atoms with E-state index in [1.54, 1.807) is 0 Å². The second-order valence-corrected chi connectivity index (χ2v) is 5.01. The second-order valence-electron chi connectivity index (χ2n) is 5.01. The molecule has 1 aromatic carbocycles. The number of nitrogens with one attached hydrogen (secondary N) is 2. The molecule has 1 amide bonds. The highest BCUT2D eigenvalue weighted by Gasteiger charge is 2.33. The molecule has 0 bridgehead atoms. The molecule has 0 aliphatic carbocycles. The van der Waals surface area contributed by atoms with Crippen LogP contribution in [0.1, 0.15) is 17.5 Å². The molecule has 2 rings (SSSR count). The number of benzene rings is 1. The molecule has 22 heavy (non-hydrogen) atoms. The van der Waals surface area contributed by atoms with Crippen LogP contribution in [-0.2, 0) is 22.3 Å². The highest BCUT2D eigenvalue weighted by Crippen LogP contribution is 2.32. The largest absolute Gasteiger partial charge is 0.416 e. The summed E-state index contributed by atoms with van der Waals surface area (Å²) in [5.74, 6) is -1.19. The molecule has 1 saturated heterocycles. The van der Waals surface area contributed by atoms with Gasteiger partial charge in [-0.25, -0.2) is 4.39 Å². The Balaban J connectivity index is 1.95. The molecule has 122 valence electrons. The Morgan fingerprint density at radius 1 is 1.41 bits per heavy atom. The van der Waals surface area contributed by atoms with Crippen molar-refractivity contribution in [3.8, 4) is 0 Å². The molecular weight excluding hydrogens is 304 g/mol. The zero-order chi connectivity index (χ0) is 16.2. The zero-order valence-electron chi connectivity index (χ0n) is 11.7. The fraction of sp³-hybridized carbons (Fsp3) is 0.500. The van der Waals surface area contributed by atoms with Crippen LogP contribution in [0.15, 0.2) is 18.2 Å². The molecule has 0 spiro atoms. The lowest BCUT2D eigenvalue weighted by Crippen LogP contribution is -2.44. The van der Waals surface area contributed by atoms with Gasteiger partial charge in [0.2, 0.25) is 5.91 Å². The van der Waals surface area contributed by atoms with E-state index in [1.807, 2.05) is 0 Å². The lowest BCUT2D eigenvalue weighted by molar-refractivity contribution is -0.138. The van der Waals surface area contributed by atoms with Crippen molar-refractivity contribution in [3.05, 3.63) is 35.1 Å². The van der Waals surface area contributed by atoms with E-state index in [4.69, 9.17) is 4.74 Å². The van der Waals surface area contributed by atoms with Crippen LogP contribution in [0.25, 0.3) is 0 Å². The smallest absolute Gasteiger partial charge is 0.378 e. The number of rotatable bonds is 4. The van der Waals surface area contributed by atoms with Gasteiger partial charge in [-0.1, -0.05) is 0 Å². The highest BCUT2D eigenvalue weighted by atomic mass is 19.4. The minimum absolute atomic E-state index is 0.0939. The Bertz CT molecular complexity index is 528. The molecule has 2 N–H and O–H groups in total. The molecule has 0 radical (unpaired) electrons. The molecule has 1 aliphatic rings. The van der Waals surface area contributed by atoms with Gasteiger partial charge in [0.15, 0.2) is 0 Å². The van der Waals surface area contributed by atoms with Crippen LogP contribution in [0.2, 0.25) is 0 Å². The lowest BCUT2D eigenvalue weighted by atomic mass is 10.1. The number of morpholine rings is 1. The fourth-order valence-corrected chi connectivity index (χ4v) is 2.23. The zero-order valence-corrected chi connectivity index (χ0v) is 11.7. The fourth-order valence-electron chi connectivity index (χ4n) is 2.23. The number of halogens is 4. The molecule has 1 aromatic rings. The summed E-state index contributed by atoms with van der Waals surface area (Å²) in [6.07, 6.45) is -4.50. The summed E-state index contributed by atoms with van der Waals surface area (Å²) in [4.78, 5) is 11.7. The Morgan fingerprint density at radius 2 is 2.18 bits per heavy atom. The van der Waals surface area contributed by atoms with E-state index in [2.05, 4.69) is 10.6 Å². The first-order chi connectivity index (χ1) is 10.4. The molecule has 1 heterocycles. The summed E-state index contributed by atoms with van der Waals surface area (Å²) in [5.41, 5.74) is -1.25. The van der Waals surface area contributed by atoms with Gasteiger partial charge in [0.25, 0.3) is 0 Å². The molecule has 8 heteroatoms. The van der Waals surface area contributed by atoms with Crippen LogP contribution in [0.4, 0.5) is 17.6 Å². The van der Waals surface area contributed by atoms with Crippen molar-refractivity contribution in [2.75, 3.05) is 19.8 Å². The first-order valence-electron chi connectivity index (χ1n) is 6.79. The van der Waals surface area contributed by atoms with E-state index >= 15 is 0 Å². The van der Waals surface area contributed by atoms with Crippen molar-refractivity contribution < 1.29 is 27.1 Å². The van der Waals surface area contributed by atoms with Gasteiger partial charge < -0.3 is 15.4 Å². The predicted molar refractivity (Wildman–Crippen MR) is 70.5 cm³/mol. The summed E-state index contributed by atoms with van der Waals surface area (Å²) in [6, 6.07) is 2.04. The number of carbonyl (C=O) groups is 1. The van der Waals surface area contributed by atoms with Gasteiger partial charge in [-0.3, -0.25) is 4.79 Å². The Labute approximate surface area is 124 Å². The van der Waals surface area contributed by atoms with Crippen molar-refractivity contribution in [2.24, 2.45) is 0 Å². The Morgan fingerprint density at radius 3 is 2.82 bits per heavy atom. The number of alkyl halides is 3. The van der Waals surface area contributed by atoms with Gasteiger partial charge >= 0.3 is 6.18 Å². The average Bonchev–Trinajstić information content (AvgIpc) is 2.45. The third-order valence-corrected chi connectivity index (χ3v) is 3.28. The maximum Gasteiger partial charge on any atom is 0.416 e. The van der Waals surface area contributed by atoms with E-state index < -0.39 is 23.5 Å². The average molecular weight is 320 g/mol. The first kappa shape index (κ1) is 16.7. The monoisotopic (exact) mass is 320 g/mol. The predicted octanol–water partition coefficient (Wildman–Crippen LogP) is 1.84. The molecular formula is C14H16F4N2O2. The summed E-state index contributed by atoms with van der Waals surface area (Å²) < 4.78 is 56.8. The number of carbonyl (C=O) groups excluding carboxylic acids is 1. The summed E-state index contributed by atoms with van der Waals surface area (Å²) >= 11 is 0. The van der Waals surface area contributed by atoms with E-state index in [0.717, 1.165) is 12.1 Å². The summed E-state index contributed by atoms with van der Waals surface area (Å²) in [7, 11) is 0. The van der Waals surface area contributed by atoms with Crippen molar-refractivity contribution in [2.45, 2.75) is 25.2 Å². The van der Waals surface area contributed by atoms with Gasteiger partial charge in [0, 0.05) is 25.6 Å². The van der Waals surface area contributed by atoms with Crippen LogP contribution in [-0.4, -0.2) is 31.7 Å². The molecule has 0 saturated carbocycles. The van der Waals surface area contributed by atoms with Crippen molar-refractivity contribution in [1.29, 1.82) is 0 Å². The van der Waals surface area contributed by atoms with Crippen molar-refractivity contribution in [3.63, 3.8) is 0 Å². The third-order valence-electron chi connectivity index (χ3n) is 3.28. The van der Waals surface area contributed by atoms with Gasteiger partial charge in [-0.2, -0.15) is 13.2 Å². The molecule has 0 aromatic heterocycles. The topological polar surface area (TPSA) is 50.4 Å². The lowest BCUT2D eigenvalue weighted by Gasteiger charge is -2.23.